The van der Waals surface area contributed by atoms with Crippen LogP contribution in [0, 0.1) is 5.92 Å². The minimum Gasteiger partial charge on any atom is -0.491 e. The summed E-state index contributed by atoms with van der Waals surface area (Å²) in [6.45, 7) is 5.47. The molecule has 2 aromatic rings. The van der Waals surface area contributed by atoms with E-state index < -0.39 is 10.0 Å². The Labute approximate surface area is 200 Å². The predicted octanol–water partition coefficient (Wildman–Crippen LogP) is 3.23. The van der Waals surface area contributed by atoms with Gasteiger partial charge < -0.3 is 19.7 Å². The van der Waals surface area contributed by atoms with Crippen LogP contribution in [0.5, 0.6) is 5.75 Å². The quantitative estimate of drug-likeness (QED) is 0.676. The summed E-state index contributed by atoms with van der Waals surface area (Å²) in [5.74, 6) is 0.247. The van der Waals surface area contributed by atoms with Crippen molar-refractivity contribution >= 4 is 33.2 Å². The van der Waals surface area contributed by atoms with E-state index in [1.54, 1.807) is 37.3 Å². The highest BCUT2D eigenvalue weighted by molar-refractivity contribution is 7.92. The van der Waals surface area contributed by atoms with Crippen molar-refractivity contribution in [2.24, 2.45) is 5.92 Å². The lowest BCUT2D eigenvalue weighted by Gasteiger charge is -2.30. The highest BCUT2D eigenvalue weighted by Gasteiger charge is 2.26. The molecule has 33 heavy (non-hydrogen) atoms. The van der Waals surface area contributed by atoms with Crippen molar-refractivity contribution in [3.63, 3.8) is 0 Å². The highest BCUT2D eigenvalue weighted by Crippen LogP contribution is 2.29. The number of anilines is 1. The zero-order chi connectivity index (χ0) is 24.2. The molecule has 1 aliphatic heterocycles. The smallest absolute Gasteiger partial charge is 0.263 e. The number of carbonyl (C=O) groups excluding carboxylic acids is 1. The molecule has 1 amide bonds. The first kappa shape index (κ1) is 25.3. The van der Waals surface area contributed by atoms with E-state index in [4.69, 9.17) is 21.1 Å². The van der Waals surface area contributed by atoms with Crippen molar-refractivity contribution < 1.29 is 22.7 Å². The second-order valence-electron chi connectivity index (χ2n) is 8.30. The van der Waals surface area contributed by atoms with Crippen LogP contribution in [0.25, 0.3) is 0 Å². The van der Waals surface area contributed by atoms with E-state index in [0.29, 0.717) is 31.0 Å². The Bertz CT molecular complexity index is 1100. The SMILES string of the molecule is CO[C@H]1CN(C)C(=O)c2ccc(NS(=O)(=O)c3ccccc3Cl)cc2OC[C@H](C)NC[C@H]1C. The molecule has 0 unspecified atom stereocenters. The second-order valence-corrected chi connectivity index (χ2v) is 10.4. The van der Waals surface area contributed by atoms with Gasteiger partial charge in [0.05, 0.1) is 22.4 Å². The van der Waals surface area contributed by atoms with Crippen LogP contribution in [-0.2, 0) is 14.8 Å². The summed E-state index contributed by atoms with van der Waals surface area (Å²) in [7, 11) is -0.573. The molecular formula is C23H30ClN3O5S. The molecule has 3 rings (SSSR count). The average molecular weight is 496 g/mol. The third-order valence-corrected chi connectivity index (χ3v) is 7.49. The third-order valence-electron chi connectivity index (χ3n) is 5.61. The molecular weight excluding hydrogens is 466 g/mol. The molecule has 1 heterocycles. The van der Waals surface area contributed by atoms with E-state index in [1.165, 1.54) is 24.3 Å². The number of likely N-dealkylation sites (N-methyl/N-ethyl adjacent to an activating group) is 1. The van der Waals surface area contributed by atoms with Gasteiger partial charge in [0.15, 0.2) is 0 Å². The summed E-state index contributed by atoms with van der Waals surface area (Å²) in [4.78, 5) is 14.7. The largest absolute Gasteiger partial charge is 0.491 e. The number of nitrogens with zero attached hydrogens (tertiary/aromatic N) is 1. The van der Waals surface area contributed by atoms with Crippen LogP contribution in [0.3, 0.4) is 0 Å². The van der Waals surface area contributed by atoms with Crippen LogP contribution in [0.15, 0.2) is 47.4 Å². The molecule has 0 radical (unpaired) electrons. The Balaban J connectivity index is 1.93. The minimum atomic E-state index is -3.92. The average Bonchev–Trinajstić information content (AvgIpc) is 2.78. The summed E-state index contributed by atoms with van der Waals surface area (Å²) >= 11 is 6.07. The van der Waals surface area contributed by atoms with Gasteiger partial charge in [0, 0.05) is 39.4 Å². The maximum absolute atomic E-state index is 13.2. The second kappa shape index (κ2) is 10.7. The van der Waals surface area contributed by atoms with Crippen molar-refractivity contribution in [3.8, 4) is 5.75 Å². The normalized spacial score (nSPS) is 22.5. The van der Waals surface area contributed by atoms with Crippen LogP contribution in [0.4, 0.5) is 5.69 Å². The zero-order valence-corrected chi connectivity index (χ0v) is 20.7. The van der Waals surface area contributed by atoms with Gasteiger partial charge in [-0.05, 0) is 37.1 Å². The number of ether oxygens (including phenoxy) is 2. The molecule has 3 atom stereocenters. The van der Waals surface area contributed by atoms with Gasteiger partial charge in [-0.3, -0.25) is 9.52 Å². The summed E-state index contributed by atoms with van der Waals surface area (Å²) in [6, 6.07) is 10.8. The fourth-order valence-corrected chi connectivity index (χ4v) is 5.16. The predicted molar refractivity (Wildman–Crippen MR) is 129 cm³/mol. The van der Waals surface area contributed by atoms with Crippen molar-refractivity contribution in [2.75, 3.05) is 38.6 Å². The Hall–Kier alpha value is -2.33. The van der Waals surface area contributed by atoms with Crippen LogP contribution in [-0.4, -0.2) is 65.2 Å². The fourth-order valence-electron chi connectivity index (χ4n) is 3.59. The summed E-state index contributed by atoms with van der Waals surface area (Å²) in [5.41, 5.74) is 0.605. The lowest BCUT2D eigenvalue weighted by atomic mass is 10.0. The molecule has 0 aliphatic carbocycles. The lowest BCUT2D eigenvalue weighted by molar-refractivity contribution is 0.0281. The number of hydrogen-bond acceptors (Lipinski definition) is 6. The fraction of sp³-hybridized carbons (Fsp3) is 0.435. The van der Waals surface area contributed by atoms with E-state index >= 15 is 0 Å². The molecule has 0 saturated heterocycles. The molecule has 0 saturated carbocycles. The number of halogens is 1. The molecule has 10 heteroatoms. The topological polar surface area (TPSA) is 97.0 Å². The molecule has 2 N–H and O–H groups in total. The van der Waals surface area contributed by atoms with Crippen molar-refractivity contribution in [1.29, 1.82) is 0 Å². The van der Waals surface area contributed by atoms with E-state index in [-0.39, 0.29) is 39.6 Å². The first-order valence-electron chi connectivity index (χ1n) is 10.7. The van der Waals surface area contributed by atoms with Gasteiger partial charge in [-0.15, -0.1) is 0 Å². The molecule has 8 nitrogen and oxygen atoms in total. The van der Waals surface area contributed by atoms with Gasteiger partial charge in [0.25, 0.3) is 15.9 Å². The van der Waals surface area contributed by atoms with Crippen molar-refractivity contribution in [1.82, 2.24) is 10.2 Å². The Kier molecular flexibility index (Phi) is 8.23. The van der Waals surface area contributed by atoms with Crippen LogP contribution in [0.2, 0.25) is 5.02 Å². The van der Waals surface area contributed by atoms with Gasteiger partial charge >= 0.3 is 0 Å². The first-order chi connectivity index (χ1) is 15.6. The van der Waals surface area contributed by atoms with Crippen LogP contribution in [0.1, 0.15) is 24.2 Å². The third kappa shape index (κ3) is 6.17. The maximum atomic E-state index is 13.2. The Morgan fingerprint density at radius 3 is 2.64 bits per heavy atom. The molecule has 0 fully saturated rings. The monoisotopic (exact) mass is 495 g/mol. The molecule has 0 spiro atoms. The van der Waals surface area contributed by atoms with E-state index in [1.807, 2.05) is 6.92 Å². The van der Waals surface area contributed by atoms with E-state index in [9.17, 15) is 13.2 Å². The summed E-state index contributed by atoms with van der Waals surface area (Å²) in [5, 5.41) is 3.53. The molecule has 0 bridgehead atoms. The number of methoxy groups -OCH3 is 1. The van der Waals surface area contributed by atoms with Gasteiger partial charge in [0.2, 0.25) is 0 Å². The number of nitrogens with one attached hydrogen (secondary N) is 2. The molecule has 0 aromatic heterocycles. The summed E-state index contributed by atoms with van der Waals surface area (Å²) in [6.07, 6.45) is -0.135. The standard InChI is InChI=1S/C23H30ClN3O5S/c1-15-12-25-16(2)14-32-20-11-17(26-33(29,30)22-8-6-5-7-19(22)24)9-10-18(20)23(28)27(3)13-21(15)31-4/h5-11,15-16,21,25-26H,12-14H2,1-4H3/t15-,16+,21+/m1/s1. The first-order valence-corrected chi connectivity index (χ1v) is 12.5. The highest BCUT2D eigenvalue weighted by atomic mass is 35.5. The van der Waals surface area contributed by atoms with Gasteiger partial charge in [0.1, 0.15) is 17.3 Å². The molecule has 1 aliphatic rings. The number of sulfonamides is 1. The molecule has 180 valence electrons. The zero-order valence-electron chi connectivity index (χ0n) is 19.2. The number of amides is 1. The van der Waals surface area contributed by atoms with E-state index in [0.717, 1.165) is 0 Å². The Morgan fingerprint density at radius 1 is 1.21 bits per heavy atom. The van der Waals surface area contributed by atoms with Crippen molar-refractivity contribution in [3.05, 3.63) is 53.1 Å². The summed E-state index contributed by atoms with van der Waals surface area (Å²) < 4.78 is 39.8. The van der Waals surface area contributed by atoms with Gasteiger partial charge in [-0.1, -0.05) is 30.7 Å². The van der Waals surface area contributed by atoms with Gasteiger partial charge in [-0.2, -0.15) is 0 Å². The Morgan fingerprint density at radius 2 is 1.94 bits per heavy atom. The number of carbonyl (C=O) groups is 1. The lowest BCUT2D eigenvalue weighted by Crippen LogP contribution is -2.44. The number of benzene rings is 2. The van der Waals surface area contributed by atoms with Crippen LogP contribution >= 0.6 is 11.6 Å². The van der Waals surface area contributed by atoms with E-state index in [2.05, 4.69) is 17.0 Å². The minimum absolute atomic E-state index is 0.00791. The number of rotatable bonds is 4. The van der Waals surface area contributed by atoms with Crippen molar-refractivity contribution in [2.45, 2.75) is 30.9 Å². The number of fused-ring (bicyclic) bond motifs is 1. The maximum Gasteiger partial charge on any atom is 0.263 e. The van der Waals surface area contributed by atoms with Crippen LogP contribution < -0.4 is 14.8 Å². The number of hydrogen-bond donors (Lipinski definition) is 2. The van der Waals surface area contributed by atoms with Gasteiger partial charge in [-0.25, -0.2) is 8.42 Å². The molecule has 2 aromatic carbocycles.